The smallest absolute Gasteiger partial charge is 0.377 e. The lowest BCUT2D eigenvalue weighted by Gasteiger charge is -2.20. The molecule has 0 unspecified atom stereocenters. The average Bonchev–Trinajstić information content (AvgIpc) is 2.52. The fourth-order valence-electron chi connectivity index (χ4n) is 0.991. The zero-order valence-electron chi connectivity index (χ0n) is 8.43. The molecule has 0 amide bonds. The van der Waals surface area contributed by atoms with Crippen LogP contribution in [0.2, 0.25) is 0 Å². The molecule has 0 saturated carbocycles. The summed E-state index contributed by atoms with van der Waals surface area (Å²) in [7, 11) is 1.60. The Morgan fingerprint density at radius 1 is 1.71 bits per heavy atom. The molecule has 0 aliphatic heterocycles. The van der Waals surface area contributed by atoms with E-state index in [2.05, 4.69) is 5.10 Å². The van der Waals surface area contributed by atoms with E-state index in [0.29, 0.717) is 6.54 Å². The first-order valence-corrected chi connectivity index (χ1v) is 4.17. The number of hydrogen-bond donors (Lipinski definition) is 0. The maximum absolute atomic E-state index is 10.3. The van der Waals surface area contributed by atoms with Crippen molar-refractivity contribution in [2.24, 2.45) is 0 Å². The van der Waals surface area contributed by atoms with Crippen molar-refractivity contribution in [3.63, 3.8) is 0 Å². The van der Waals surface area contributed by atoms with Gasteiger partial charge in [-0.15, -0.1) is 0 Å². The summed E-state index contributed by atoms with van der Waals surface area (Å²) in [6.07, 6.45) is 1.57. The Labute approximate surface area is 81.6 Å². The van der Waals surface area contributed by atoms with Gasteiger partial charge in [0, 0.05) is 7.11 Å². The summed E-state index contributed by atoms with van der Waals surface area (Å²) in [4.78, 5) is 9.83. The molecular formula is C8H13N3O3. The molecule has 1 heterocycles. The highest BCUT2D eigenvalue weighted by Gasteiger charge is 2.21. The van der Waals surface area contributed by atoms with Crippen LogP contribution in [0.4, 0.5) is 5.82 Å². The van der Waals surface area contributed by atoms with Crippen LogP contribution in [-0.4, -0.2) is 27.4 Å². The lowest BCUT2D eigenvalue weighted by molar-refractivity contribution is -0.389. The second-order valence-corrected chi connectivity index (χ2v) is 3.59. The van der Waals surface area contributed by atoms with E-state index in [4.69, 9.17) is 4.74 Å². The van der Waals surface area contributed by atoms with E-state index in [-0.39, 0.29) is 11.4 Å². The van der Waals surface area contributed by atoms with E-state index in [0.717, 1.165) is 0 Å². The molecule has 0 saturated heterocycles. The van der Waals surface area contributed by atoms with Gasteiger partial charge in [0.25, 0.3) is 0 Å². The van der Waals surface area contributed by atoms with Crippen LogP contribution in [0.25, 0.3) is 0 Å². The van der Waals surface area contributed by atoms with Gasteiger partial charge in [-0.05, 0) is 18.8 Å². The number of hydrogen-bond acceptors (Lipinski definition) is 4. The third kappa shape index (κ3) is 2.53. The SMILES string of the molecule is COC(C)(C)Cn1ccc([N+](=O)[O-])n1. The maximum atomic E-state index is 10.3. The number of methoxy groups -OCH3 is 1. The molecule has 1 aromatic rings. The minimum Gasteiger partial charge on any atom is -0.377 e. The summed E-state index contributed by atoms with van der Waals surface area (Å²) < 4.78 is 6.68. The molecule has 0 bridgehead atoms. The van der Waals surface area contributed by atoms with Gasteiger partial charge >= 0.3 is 5.82 Å². The summed E-state index contributed by atoms with van der Waals surface area (Å²) in [5.74, 6) is -0.142. The molecule has 1 rings (SSSR count). The standard InChI is InChI=1S/C8H13N3O3/c1-8(2,14-3)6-10-5-4-7(9-10)11(12)13/h4-5H,6H2,1-3H3. The van der Waals surface area contributed by atoms with Gasteiger partial charge in [-0.1, -0.05) is 0 Å². The van der Waals surface area contributed by atoms with Crippen LogP contribution in [0.1, 0.15) is 13.8 Å². The van der Waals surface area contributed by atoms with Crippen LogP contribution in [0.15, 0.2) is 12.3 Å². The molecule has 0 aliphatic rings. The third-order valence-electron chi connectivity index (χ3n) is 1.91. The third-order valence-corrected chi connectivity index (χ3v) is 1.91. The number of nitrogens with zero attached hydrogens (tertiary/aromatic N) is 3. The lowest BCUT2D eigenvalue weighted by atomic mass is 10.1. The largest absolute Gasteiger partial charge is 0.389 e. The predicted octanol–water partition coefficient (Wildman–Crippen LogP) is 1.22. The highest BCUT2D eigenvalue weighted by atomic mass is 16.6. The quantitative estimate of drug-likeness (QED) is 0.540. The first kappa shape index (κ1) is 10.6. The second-order valence-electron chi connectivity index (χ2n) is 3.59. The van der Waals surface area contributed by atoms with E-state index >= 15 is 0 Å². The molecule has 0 atom stereocenters. The molecule has 14 heavy (non-hydrogen) atoms. The molecule has 0 aromatic carbocycles. The van der Waals surface area contributed by atoms with Crippen molar-refractivity contribution in [3.8, 4) is 0 Å². The van der Waals surface area contributed by atoms with Gasteiger partial charge < -0.3 is 14.9 Å². The summed E-state index contributed by atoms with van der Waals surface area (Å²) in [5.41, 5.74) is -0.375. The number of rotatable bonds is 4. The molecule has 0 aliphatic carbocycles. The Kier molecular flexibility index (Phi) is 2.85. The van der Waals surface area contributed by atoms with Crippen molar-refractivity contribution < 1.29 is 9.66 Å². The van der Waals surface area contributed by atoms with Gasteiger partial charge in [-0.2, -0.15) is 4.68 Å². The lowest BCUT2D eigenvalue weighted by Crippen LogP contribution is -2.29. The van der Waals surface area contributed by atoms with Gasteiger partial charge in [0.2, 0.25) is 0 Å². The van der Waals surface area contributed by atoms with Gasteiger partial charge in [0.1, 0.15) is 0 Å². The van der Waals surface area contributed by atoms with Crippen molar-refractivity contribution in [2.45, 2.75) is 26.0 Å². The average molecular weight is 199 g/mol. The molecule has 1 aromatic heterocycles. The van der Waals surface area contributed by atoms with Gasteiger partial charge in [-0.3, -0.25) is 0 Å². The Morgan fingerprint density at radius 3 is 2.79 bits per heavy atom. The fourth-order valence-corrected chi connectivity index (χ4v) is 0.991. The van der Waals surface area contributed by atoms with E-state index < -0.39 is 4.92 Å². The molecule has 0 N–H and O–H groups in total. The summed E-state index contributed by atoms with van der Waals surface area (Å²) >= 11 is 0. The molecule has 6 nitrogen and oxygen atoms in total. The highest BCUT2D eigenvalue weighted by molar-refractivity contribution is 5.14. The Bertz CT molecular complexity index is 332. The van der Waals surface area contributed by atoms with Crippen molar-refractivity contribution in [1.82, 2.24) is 9.78 Å². The number of aromatic nitrogens is 2. The minimum absolute atomic E-state index is 0.142. The van der Waals surface area contributed by atoms with Crippen LogP contribution >= 0.6 is 0 Å². The van der Waals surface area contributed by atoms with Crippen molar-refractivity contribution >= 4 is 5.82 Å². The first-order chi connectivity index (χ1) is 6.44. The summed E-state index contributed by atoms with van der Waals surface area (Å²) in [6.45, 7) is 4.26. The molecule has 0 spiro atoms. The number of ether oxygens (including phenoxy) is 1. The zero-order chi connectivity index (χ0) is 10.8. The zero-order valence-corrected chi connectivity index (χ0v) is 8.43. The van der Waals surface area contributed by atoms with E-state index in [1.54, 1.807) is 13.3 Å². The van der Waals surface area contributed by atoms with Crippen LogP contribution in [-0.2, 0) is 11.3 Å². The Balaban J connectivity index is 2.73. The van der Waals surface area contributed by atoms with Crippen molar-refractivity contribution in [2.75, 3.05) is 7.11 Å². The Hall–Kier alpha value is -1.43. The van der Waals surface area contributed by atoms with Gasteiger partial charge in [0.15, 0.2) is 0 Å². The van der Waals surface area contributed by atoms with Crippen LogP contribution in [0, 0.1) is 10.1 Å². The van der Waals surface area contributed by atoms with Crippen molar-refractivity contribution in [1.29, 1.82) is 0 Å². The molecule has 0 radical (unpaired) electrons. The summed E-state index contributed by atoms with van der Waals surface area (Å²) in [5, 5.41) is 14.1. The van der Waals surface area contributed by atoms with E-state index in [1.165, 1.54) is 10.7 Å². The topological polar surface area (TPSA) is 70.2 Å². The molecule has 0 fully saturated rings. The summed E-state index contributed by atoms with van der Waals surface area (Å²) in [6, 6.07) is 1.37. The first-order valence-electron chi connectivity index (χ1n) is 4.17. The van der Waals surface area contributed by atoms with Gasteiger partial charge in [0.05, 0.1) is 29.5 Å². The van der Waals surface area contributed by atoms with Crippen LogP contribution in [0.3, 0.4) is 0 Å². The van der Waals surface area contributed by atoms with Crippen molar-refractivity contribution in [3.05, 3.63) is 22.4 Å². The Morgan fingerprint density at radius 2 is 2.36 bits per heavy atom. The second kappa shape index (κ2) is 3.75. The number of nitro groups is 1. The van der Waals surface area contributed by atoms with Gasteiger partial charge in [-0.25, -0.2) is 0 Å². The normalized spacial score (nSPS) is 11.6. The highest BCUT2D eigenvalue weighted by Crippen LogP contribution is 2.12. The monoisotopic (exact) mass is 199 g/mol. The molecule has 78 valence electrons. The molecule has 6 heteroatoms. The molecular weight excluding hydrogens is 186 g/mol. The van der Waals surface area contributed by atoms with E-state index in [9.17, 15) is 10.1 Å². The minimum atomic E-state index is -0.518. The van der Waals surface area contributed by atoms with Crippen LogP contribution in [0.5, 0.6) is 0 Å². The van der Waals surface area contributed by atoms with Crippen LogP contribution < -0.4 is 0 Å². The fraction of sp³-hybridized carbons (Fsp3) is 0.625. The van der Waals surface area contributed by atoms with E-state index in [1.807, 2.05) is 13.8 Å². The predicted molar refractivity (Wildman–Crippen MR) is 50.0 cm³/mol. The maximum Gasteiger partial charge on any atom is 0.389 e.